The van der Waals surface area contributed by atoms with Crippen LogP contribution in [0.5, 0.6) is 0 Å². The number of rotatable bonds is 6. The summed E-state index contributed by atoms with van der Waals surface area (Å²) in [6.07, 6.45) is 5.02. The third-order valence-corrected chi connectivity index (χ3v) is 1.72. The van der Waals surface area contributed by atoms with Gasteiger partial charge >= 0.3 is 0 Å². The molecule has 61 valence electrons. The van der Waals surface area contributed by atoms with Crippen LogP contribution in [0.25, 0.3) is 0 Å². The highest BCUT2D eigenvalue weighted by Crippen LogP contribution is 1.97. The standard InChI is InChI=1S/C9H20N/c1-4-6-7-8-10-9(3)5-2/h8-10H,4-7H2,1-3H3. The van der Waals surface area contributed by atoms with E-state index in [1.807, 2.05) is 0 Å². The zero-order chi connectivity index (χ0) is 7.82. The summed E-state index contributed by atoms with van der Waals surface area (Å²) in [5.74, 6) is 0. The van der Waals surface area contributed by atoms with Crippen molar-refractivity contribution in [3.63, 3.8) is 0 Å². The fourth-order valence-electron chi connectivity index (χ4n) is 0.709. The molecule has 0 aromatic carbocycles. The molecule has 0 bridgehead atoms. The summed E-state index contributed by atoms with van der Waals surface area (Å²) in [7, 11) is 0. The van der Waals surface area contributed by atoms with Crippen molar-refractivity contribution in [1.82, 2.24) is 5.32 Å². The molecule has 1 radical (unpaired) electrons. The van der Waals surface area contributed by atoms with Gasteiger partial charge in [0, 0.05) is 12.6 Å². The SMILES string of the molecule is CCCC[CH]NC(C)CC. The summed E-state index contributed by atoms with van der Waals surface area (Å²) in [5.41, 5.74) is 0. The summed E-state index contributed by atoms with van der Waals surface area (Å²) in [5, 5.41) is 3.34. The van der Waals surface area contributed by atoms with Crippen LogP contribution in [0.2, 0.25) is 0 Å². The summed E-state index contributed by atoms with van der Waals surface area (Å²) in [6.45, 7) is 8.82. The number of nitrogens with one attached hydrogen (secondary N) is 1. The van der Waals surface area contributed by atoms with Crippen molar-refractivity contribution in [2.45, 2.75) is 52.5 Å². The van der Waals surface area contributed by atoms with Crippen molar-refractivity contribution in [3.8, 4) is 0 Å². The van der Waals surface area contributed by atoms with Crippen molar-refractivity contribution in [1.29, 1.82) is 0 Å². The molecule has 0 heterocycles. The van der Waals surface area contributed by atoms with Crippen LogP contribution in [0.15, 0.2) is 0 Å². The average Bonchev–Trinajstić information content (AvgIpc) is 1.98. The van der Waals surface area contributed by atoms with E-state index in [1.165, 1.54) is 25.7 Å². The van der Waals surface area contributed by atoms with Gasteiger partial charge in [0.25, 0.3) is 0 Å². The van der Waals surface area contributed by atoms with Crippen LogP contribution in [-0.2, 0) is 0 Å². The van der Waals surface area contributed by atoms with Crippen molar-refractivity contribution < 1.29 is 0 Å². The molecular weight excluding hydrogens is 122 g/mol. The maximum absolute atomic E-state index is 3.34. The highest BCUT2D eigenvalue weighted by Gasteiger charge is 1.94. The van der Waals surface area contributed by atoms with Gasteiger partial charge in [-0.3, -0.25) is 0 Å². The third-order valence-electron chi connectivity index (χ3n) is 1.72. The Hall–Kier alpha value is -0.0400. The molecule has 0 saturated heterocycles. The molecule has 0 aromatic rings. The third kappa shape index (κ3) is 6.09. The molecule has 0 rings (SSSR count). The van der Waals surface area contributed by atoms with E-state index in [0.717, 1.165) is 0 Å². The first-order chi connectivity index (χ1) is 4.81. The summed E-state index contributed by atoms with van der Waals surface area (Å²) < 4.78 is 0. The van der Waals surface area contributed by atoms with Gasteiger partial charge in [-0.2, -0.15) is 0 Å². The van der Waals surface area contributed by atoms with Crippen molar-refractivity contribution in [2.75, 3.05) is 0 Å². The Morgan fingerprint density at radius 1 is 1.40 bits per heavy atom. The van der Waals surface area contributed by atoms with Crippen molar-refractivity contribution in [3.05, 3.63) is 6.54 Å². The van der Waals surface area contributed by atoms with Crippen LogP contribution in [0.1, 0.15) is 46.5 Å². The highest BCUT2D eigenvalue weighted by molar-refractivity contribution is 4.66. The Morgan fingerprint density at radius 3 is 2.60 bits per heavy atom. The summed E-state index contributed by atoms with van der Waals surface area (Å²) in [6, 6.07) is 0.650. The van der Waals surface area contributed by atoms with E-state index in [9.17, 15) is 0 Å². The lowest BCUT2D eigenvalue weighted by atomic mass is 10.2. The molecule has 1 heteroatoms. The van der Waals surface area contributed by atoms with Crippen molar-refractivity contribution in [2.24, 2.45) is 0 Å². The van der Waals surface area contributed by atoms with Gasteiger partial charge in [0.1, 0.15) is 0 Å². The molecule has 0 spiro atoms. The smallest absolute Gasteiger partial charge is 0.0223 e. The predicted octanol–water partition coefficient (Wildman–Crippen LogP) is 2.73. The van der Waals surface area contributed by atoms with Crippen LogP contribution in [-0.4, -0.2) is 6.04 Å². The molecule has 1 nitrogen and oxygen atoms in total. The minimum absolute atomic E-state index is 0.650. The first-order valence-electron chi connectivity index (χ1n) is 4.39. The number of hydrogen-bond acceptors (Lipinski definition) is 1. The zero-order valence-electron chi connectivity index (χ0n) is 7.48. The predicted molar refractivity (Wildman–Crippen MR) is 46.7 cm³/mol. The summed E-state index contributed by atoms with van der Waals surface area (Å²) in [4.78, 5) is 0. The Bertz CT molecular complexity index is 61.7. The van der Waals surface area contributed by atoms with E-state index in [2.05, 4.69) is 32.6 Å². The van der Waals surface area contributed by atoms with E-state index >= 15 is 0 Å². The fraction of sp³-hybridized carbons (Fsp3) is 0.889. The van der Waals surface area contributed by atoms with E-state index < -0.39 is 0 Å². The van der Waals surface area contributed by atoms with E-state index in [-0.39, 0.29) is 0 Å². The number of hydrogen-bond donors (Lipinski definition) is 1. The molecule has 10 heavy (non-hydrogen) atoms. The van der Waals surface area contributed by atoms with Gasteiger partial charge in [0.2, 0.25) is 0 Å². The topological polar surface area (TPSA) is 12.0 Å². The first-order valence-corrected chi connectivity index (χ1v) is 4.39. The van der Waals surface area contributed by atoms with Gasteiger partial charge in [-0.1, -0.05) is 26.7 Å². The molecular formula is C9H20N. The van der Waals surface area contributed by atoms with Crippen LogP contribution in [0.3, 0.4) is 0 Å². The fourth-order valence-corrected chi connectivity index (χ4v) is 0.709. The largest absolute Gasteiger partial charge is 0.310 e. The second-order valence-corrected chi connectivity index (χ2v) is 2.82. The Balaban J connectivity index is 2.89. The first kappa shape index (κ1) is 9.96. The highest BCUT2D eigenvalue weighted by atomic mass is 14.9. The molecule has 0 fully saturated rings. The molecule has 1 N–H and O–H groups in total. The van der Waals surface area contributed by atoms with E-state index in [0.29, 0.717) is 6.04 Å². The van der Waals surface area contributed by atoms with E-state index in [4.69, 9.17) is 0 Å². The van der Waals surface area contributed by atoms with Crippen molar-refractivity contribution >= 4 is 0 Å². The lowest BCUT2D eigenvalue weighted by molar-refractivity contribution is 0.564. The molecule has 0 aromatic heterocycles. The van der Waals surface area contributed by atoms with Gasteiger partial charge in [-0.25, -0.2) is 0 Å². The molecule has 0 aliphatic carbocycles. The normalized spacial score (nSPS) is 13.5. The zero-order valence-corrected chi connectivity index (χ0v) is 7.48. The number of unbranched alkanes of at least 4 members (excludes halogenated alkanes) is 2. The van der Waals surface area contributed by atoms with Gasteiger partial charge in [0.05, 0.1) is 0 Å². The summed E-state index contributed by atoms with van der Waals surface area (Å²) >= 11 is 0. The molecule has 0 aliphatic heterocycles. The van der Waals surface area contributed by atoms with Crippen LogP contribution < -0.4 is 5.32 Å². The van der Waals surface area contributed by atoms with Gasteiger partial charge in [0.15, 0.2) is 0 Å². The lowest BCUT2D eigenvalue weighted by Gasteiger charge is -2.09. The van der Waals surface area contributed by atoms with Gasteiger partial charge in [-0.15, -0.1) is 0 Å². The molecule has 0 saturated carbocycles. The van der Waals surface area contributed by atoms with Crippen LogP contribution in [0, 0.1) is 6.54 Å². The molecule has 0 aliphatic rings. The van der Waals surface area contributed by atoms with E-state index in [1.54, 1.807) is 0 Å². The minimum Gasteiger partial charge on any atom is -0.310 e. The Labute approximate surface area is 65.2 Å². The average molecular weight is 142 g/mol. The lowest BCUT2D eigenvalue weighted by Crippen LogP contribution is -2.21. The quantitative estimate of drug-likeness (QED) is 0.562. The maximum atomic E-state index is 3.34. The van der Waals surface area contributed by atoms with Gasteiger partial charge in [-0.05, 0) is 19.8 Å². The molecule has 1 unspecified atom stereocenters. The maximum Gasteiger partial charge on any atom is 0.0223 e. The van der Waals surface area contributed by atoms with Gasteiger partial charge < -0.3 is 5.32 Å². The van der Waals surface area contributed by atoms with Crippen LogP contribution in [0.4, 0.5) is 0 Å². The Kier molecular flexibility index (Phi) is 7.04. The molecule has 1 atom stereocenters. The molecule has 0 amide bonds. The minimum atomic E-state index is 0.650. The Morgan fingerprint density at radius 2 is 2.10 bits per heavy atom. The second-order valence-electron chi connectivity index (χ2n) is 2.82. The monoisotopic (exact) mass is 142 g/mol. The second kappa shape index (κ2) is 7.07. The van der Waals surface area contributed by atoms with Crippen LogP contribution >= 0.6 is 0 Å².